The molecule has 0 bridgehead atoms. The molecule has 0 radical (unpaired) electrons. The number of carbonyl (C=O) groups is 1. The van der Waals surface area contributed by atoms with Crippen molar-refractivity contribution in [3.63, 3.8) is 0 Å². The van der Waals surface area contributed by atoms with E-state index in [1.807, 2.05) is 11.6 Å². The van der Waals surface area contributed by atoms with E-state index in [1.165, 1.54) is 6.20 Å². The van der Waals surface area contributed by atoms with Crippen molar-refractivity contribution in [1.82, 2.24) is 9.47 Å². The Labute approximate surface area is 201 Å². The highest BCUT2D eigenvalue weighted by atomic mass is 32.2. The van der Waals surface area contributed by atoms with E-state index in [2.05, 4.69) is 22.1 Å². The number of fused-ring (bicyclic) bond motifs is 1. The number of aryl methyl sites for hydroxylation is 1. The number of hydrogen-bond donors (Lipinski definition) is 3. The van der Waals surface area contributed by atoms with Crippen LogP contribution in [0.15, 0.2) is 16.0 Å². The van der Waals surface area contributed by atoms with E-state index in [1.54, 1.807) is 11.8 Å². The Morgan fingerprint density at radius 1 is 1.38 bits per heavy atom. The number of nitrogen functional groups attached to an aromatic ring is 1. The number of benzene rings is 1. The number of amidine groups is 1. The molecule has 5 rings (SSSR count). The average Bonchev–Trinajstić information content (AvgIpc) is 3.40. The number of anilines is 2. The number of nitrogens with zero attached hydrogens (tertiary/aromatic N) is 3. The predicted octanol–water partition coefficient (Wildman–Crippen LogP) is 3.47. The molecule has 1 aliphatic carbocycles. The summed E-state index contributed by atoms with van der Waals surface area (Å²) in [6, 6.07) is 0.382. The van der Waals surface area contributed by atoms with Gasteiger partial charge < -0.3 is 25.6 Å². The van der Waals surface area contributed by atoms with Gasteiger partial charge in [-0.15, -0.1) is 0 Å². The lowest BCUT2D eigenvalue weighted by molar-refractivity contribution is 0.0694. The molecular weight excluding hydrogens is 457 g/mol. The number of aliphatic imine (C=N–C) groups is 1. The number of aromatic nitrogens is 1. The molecule has 0 amide bonds. The number of halogens is 1. The first-order valence-electron chi connectivity index (χ1n) is 11.8. The van der Waals surface area contributed by atoms with E-state index in [4.69, 9.17) is 5.73 Å². The number of aromatic carboxylic acids is 1. The summed E-state index contributed by atoms with van der Waals surface area (Å²) in [5.41, 5.74) is 6.20. The summed E-state index contributed by atoms with van der Waals surface area (Å²) in [5.74, 6) is -1.30. The van der Waals surface area contributed by atoms with Crippen LogP contribution in [0.4, 0.5) is 15.8 Å². The van der Waals surface area contributed by atoms with E-state index in [-0.39, 0.29) is 22.2 Å². The Balaban J connectivity index is 1.55. The largest absolute Gasteiger partial charge is 0.477 e. The first-order chi connectivity index (χ1) is 16.2. The zero-order valence-corrected chi connectivity index (χ0v) is 20.3. The van der Waals surface area contributed by atoms with Crippen LogP contribution < -0.4 is 16.5 Å². The van der Waals surface area contributed by atoms with Gasteiger partial charge in [0.15, 0.2) is 11.0 Å². The molecule has 3 aliphatic rings. The van der Waals surface area contributed by atoms with Crippen LogP contribution in [0.3, 0.4) is 0 Å². The molecule has 10 heteroatoms. The second-order valence-electron chi connectivity index (χ2n) is 9.64. The van der Waals surface area contributed by atoms with Crippen molar-refractivity contribution in [1.29, 1.82) is 0 Å². The van der Waals surface area contributed by atoms with Crippen molar-refractivity contribution in [2.45, 2.75) is 57.0 Å². The molecule has 0 saturated heterocycles. The van der Waals surface area contributed by atoms with Gasteiger partial charge in [0, 0.05) is 42.7 Å². The number of carboxylic acids is 1. The standard InChI is InChI=1S/C24H30FN5O3S/c1-13-11-28-23(29(13)2)34-10-9-27-19-14-5-8-24(6-3-4-7-24)30-12-15(22(32)33)21(31)16(20(14)30)18(26)17(19)25/h12-13,27H,3-11,26H2,1-2H3,(H,32,33). The van der Waals surface area contributed by atoms with Gasteiger partial charge >= 0.3 is 5.97 Å². The lowest BCUT2D eigenvalue weighted by atomic mass is 9.82. The molecule has 1 spiro atoms. The van der Waals surface area contributed by atoms with Gasteiger partial charge in [-0.25, -0.2) is 9.18 Å². The topological polar surface area (TPSA) is 113 Å². The van der Waals surface area contributed by atoms with E-state index in [9.17, 15) is 14.7 Å². The highest BCUT2D eigenvalue weighted by Gasteiger charge is 2.41. The Morgan fingerprint density at radius 2 is 2.12 bits per heavy atom. The van der Waals surface area contributed by atoms with Crippen molar-refractivity contribution in [3.8, 4) is 0 Å². The monoisotopic (exact) mass is 487 g/mol. The summed E-state index contributed by atoms with van der Waals surface area (Å²) in [6.45, 7) is 3.41. The molecule has 182 valence electrons. The molecule has 34 heavy (non-hydrogen) atoms. The highest BCUT2D eigenvalue weighted by Crippen LogP contribution is 2.48. The molecule has 2 aromatic rings. The smallest absolute Gasteiger partial charge is 0.341 e. The van der Waals surface area contributed by atoms with Crippen LogP contribution in [-0.2, 0) is 12.0 Å². The van der Waals surface area contributed by atoms with Crippen LogP contribution in [0.2, 0.25) is 0 Å². The summed E-state index contributed by atoms with van der Waals surface area (Å²) >= 11 is 1.62. The van der Waals surface area contributed by atoms with Crippen molar-refractivity contribution < 1.29 is 14.3 Å². The second-order valence-corrected chi connectivity index (χ2v) is 10.7. The number of nitrogens with two attached hydrogens (primary N) is 1. The van der Waals surface area contributed by atoms with E-state index in [0.717, 1.165) is 43.8 Å². The van der Waals surface area contributed by atoms with Crippen molar-refractivity contribution in [2.24, 2.45) is 4.99 Å². The number of pyridine rings is 1. The van der Waals surface area contributed by atoms with Gasteiger partial charge in [0.1, 0.15) is 5.56 Å². The molecule has 1 aromatic heterocycles. The second kappa shape index (κ2) is 8.48. The van der Waals surface area contributed by atoms with Crippen LogP contribution in [0.1, 0.15) is 54.9 Å². The summed E-state index contributed by atoms with van der Waals surface area (Å²) in [4.78, 5) is 31.6. The molecule has 4 N–H and O–H groups in total. The number of nitrogens with one attached hydrogen (secondary N) is 1. The fraction of sp³-hybridized carbons (Fsp3) is 0.542. The third-order valence-corrected chi connectivity index (χ3v) is 8.81. The van der Waals surface area contributed by atoms with Crippen molar-refractivity contribution in [3.05, 3.63) is 33.4 Å². The van der Waals surface area contributed by atoms with E-state index < -0.39 is 17.2 Å². The summed E-state index contributed by atoms with van der Waals surface area (Å²) < 4.78 is 17.5. The van der Waals surface area contributed by atoms with Gasteiger partial charge in [-0.2, -0.15) is 0 Å². The third kappa shape index (κ3) is 3.45. The maximum absolute atomic E-state index is 15.5. The zero-order valence-electron chi connectivity index (χ0n) is 19.5. The summed E-state index contributed by atoms with van der Waals surface area (Å²) in [5, 5.41) is 13.9. The predicted molar refractivity (Wildman–Crippen MR) is 135 cm³/mol. The summed E-state index contributed by atoms with van der Waals surface area (Å²) in [7, 11) is 2.02. The molecule has 8 nitrogen and oxygen atoms in total. The Hall–Kier alpha value is -2.75. The lowest BCUT2D eigenvalue weighted by Gasteiger charge is -2.39. The number of rotatable bonds is 5. The molecule has 2 aliphatic heterocycles. The average molecular weight is 488 g/mol. The minimum absolute atomic E-state index is 0.00535. The molecule has 1 fully saturated rings. The van der Waals surface area contributed by atoms with Gasteiger partial charge in [0.05, 0.1) is 28.8 Å². The Kier molecular flexibility index (Phi) is 5.74. The number of hydrogen-bond acceptors (Lipinski definition) is 7. The van der Waals surface area contributed by atoms with Gasteiger partial charge in [0.25, 0.3) is 0 Å². The maximum atomic E-state index is 15.5. The van der Waals surface area contributed by atoms with Crippen LogP contribution in [-0.4, -0.2) is 57.6 Å². The quantitative estimate of drug-likeness (QED) is 0.437. The maximum Gasteiger partial charge on any atom is 0.341 e. The highest BCUT2D eigenvalue weighted by molar-refractivity contribution is 8.13. The zero-order chi connectivity index (χ0) is 24.2. The van der Waals surface area contributed by atoms with Crippen molar-refractivity contribution in [2.75, 3.05) is 36.9 Å². The first-order valence-corrected chi connectivity index (χ1v) is 12.8. The minimum Gasteiger partial charge on any atom is -0.477 e. The number of likely N-dealkylation sites (N-methyl/N-ethyl adjacent to an activating group) is 1. The normalized spacial score (nSPS) is 20.9. The first kappa shape index (κ1) is 23.0. The molecule has 1 aromatic carbocycles. The van der Waals surface area contributed by atoms with Crippen LogP contribution in [0.25, 0.3) is 10.9 Å². The van der Waals surface area contributed by atoms with Crippen molar-refractivity contribution >= 4 is 45.2 Å². The Bertz CT molecular complexity index is 1270. The van der Waals surface area contributed by atoms with Crippen LogP contribution in [0, 0.1) is 5.82 Å². The molecular formula is C24H30FN5O3S. The van der Waals surface area contributed by atoms with Gasteiger partial charge in [-0.05, 0) is 32.6 Å². The molecule has 3 heterocycles. The van der Waals surface area contributed by atoms with E-state index in [0.29, 0.717) is 41.5 Å². The minimum atomic E-state index is -1.32. The SMILES string of the molecule is CC1CN=C(SCCNc2c(F)c(N)c3c(=O)c(C(=O)O)cn4c3c2CCC42CCCC2)N1C. The van der Waals surface area contributed by atoms with Gasteiger partial charge in [0.2, 0.25) is 5.43 Å². The lowest BCUT2D eigenvalue weighted by Crippen LogP contribution is -2.38. The van der Waals surface area contributed by atoms with Crippen LogP contribution in [0.5, 0.6) is 0 Å². The third-order valence-electron chi connectivity index (χ3n) is 7.73. The van der Waals surface area contributed by atoms with E-state index >= 15 is 4.39 Å². The van der Waals surface area contributed by atoms with Gasteiger partial charge in [-0.1, -0.05) is 24.6 Å². The molecule has 1 saturated carbocycles. The number of thioether (sulfide) groups is 1. The number of carboxylic acid groups (broad SMARTS) is 1. The molecule has 1 atom stereocenters. The molecule has 1 unspecified atom stereocenters. The fourth-order valence-corrected chi connectivity index (χ4v) is 6.65. The van der Waals surface area contributed by atoms with Crippen LogP contribution >= 0.6 is 11.8 Å². The fourth-order valence-electron chi connectivity index (χ4n) is 5.71. The summed E-state index contributed by atoms with van der Waals surface area (Å²) in [6.07, 6.45) is 6.77. The Morgan fingerprint density at radius 3 is 2.76 bits per heavy atom. The van der Waals surface area contributed by atoms with Gasteiger partial charge in [-0.3, -0.25) is 9.79 Å².